The van der Waals surface area contributed by atoms with E-state index in [9.17, 15) is 5.26 Å². The Kier molecular flexibility index (Phi) is 6.83. The fourth-order valence-corrected chi connectivity index (χ4v) is 5.11. The number of hydrogen-bond donors (Lipinski definition) is 1. The highest BCUT2D eigenvalue weighted by atomic mass is 32.1. The average Bonchev–Trinajstić information content (AvgIpc) is 3.59. The zero-order chi connectivity index (χ0) is 24.9. The Morgan fingerprint density at radius 3 is 2.25 bits per heavy atom. The molecule has 4 aromatic rings. The fraction of sp³-hybridized carbons (Fsp3) is 0.0345. The van der Waals surface area contributed by atoms with E-state index in [2.05, 4.69) is 40.6 Å². The van der Waals surface area contributed by atoms with Gasteiger partial charge in [-0.25, -0.2) is 4.89 Å². The number of thiophene rings is 1. The van der Waals surface area contributed by atoms with Gasteiger partial charge in [-0.1, -0.05) is 49.0 Å². The maximum Gasteiger partial charge on any atom is 0.162 e. The first-order valence-corrected chi connectivity index (χ1v) is 12.0. The Bertz CT molecular complexity index is 1560. The number of nitriles is 1. The average molecular weight is 490 g/mol. The van der Waals surface area contributed by atoms with Crippen molar-refractivity contribution in [3.8, 4) is 16.5 Å². The van der Waals surface area contributed by atoms with E-state index in [4.69, 9.17) is 15.2 Å². The van der Waals surface area contributed by atoms with Crippen LogP contribution in [-0.2, 0) is 4.89 Å². The van der Waals surface area contributed by atoms with Crippen molar-refractivity contribution in [1.82, 2.24) is 0 Å². The predicted octanol–water partition coefficient (Wildman–Crippen LogP) is 5.99. The minimum absolute atomic E-state index is 0.212. The van der Waals surface area contributed by atoms with Gasteiger partial charge in [0.1, 0.15) is 6.67 Å². The number of anilines is 2. The van der Waals surface area contributed by atoms with Gasteiger partial charge in [0.2, 0.25) is 0 Å². The van der Waals surface area contributed by atoms with Crippen molar-refractivity contribution in [3.63, 3.8) is 0 Å². The number of fused-ring (bicyclic) bond motifs is 1. The highest BCUT2D eigenvalue weighted by Crippen LogP contribution is 2.33. The second-order valence-corrected chi connectivity index (χ2v) is 9.02. The lowest BCUT2D eigenvalue weighted by atomic mass is 10.0. The quantitative estimate of drug-likeness (QED) is 0.187. The number of para-hydroxylation sites is 2. The zero-order valence-electron chi connectivity index (χ0n) is 19.2. The molecule has 0 saturated heterocycles. The van der Waals surface area contributed by atoms with E-state index in [1.807, 2.05) is 66.7 Å². The molecule has 0 aliphatic carbocycles. The van der Waals surface area contributed by atoms with Gasteiger partial charge < -0.3 is 4.90 Å². The first kappa shape index (κ1) is 23.4. The molecule has 1 aromatic heterocycles. The molecule has 3 aromatic carbocycles. The van der Waals surface area contributed by atoms with Crippen LogP contribution in [0.1, 0.15) is 10.4 Å². The lowest BCUT2D eigenvalue weighted by Crippen LogP contribution is -2.30. The number of rotatable bonds is 8. The van der Waals surface area contributed by atoms with Crippen LogP contribution >= 0.6 is 11.3 Å². The Morgan fingerprint density at radius 1 is 0.944 bits per heavy atom. The molecule has 7 heteroatoms. The second kappa shape index (κ2) is 10.5. The number of benzene rings is 3. The van der Waals surface area contributed by atoms with E-state index in [0.717, 1.165) is 55.3 Å². The van der Waals surface area contributed by atoms with Crippen molar-refractivity contribution in [2.45, 2.75) is 0 Å². The molecular formula is C29H21N4O2S. The summed E-state index contributed by atoms with van der Waals surface area (Å²) in [6.07, 6.45) is 1.65. The summed E-state index contributed by atoms with van der Waals surface area (Å²) < 4.78 is 0. The van der Waals surface area contributed by atoms with Gasteiger partial charge in [-0.3, -0.25) is 15.2 Å². The maximum atomic E-state index is 9.19. The van der Waals surface area contributed by atoms with Crippen molar-refractivity contribution in [2.75, 3.05) is 11.6 Å². The van der Waals surface area contributed by atoms with Crippen LogP contribution in [0.4, 0.5) is 11.4 Å². The normalized spacial score (nSPS) is 12.3. The topological polar surface area (TPSA) is 81.2 Å². The Morgan fingerprint density at radius 2 is 1.61 bits per heavy atom. The largest absolute Gasteiger partial charge is 0.310 e. The third kappa shape index (κ3) is 4.61. The minimum Gasteiger partial charge on any atom is -0.310 e. The van der Waals surface area contributed by atoms with Crippen LogP contribution in [0.5, 0.6) is 0 Å². The molecule has 1 radical (unpaired) electrons. The zero-order valence-corrected chi connectivity index (χ0v) is 20.0. The molecule has 0 bridgehead atoms. The van der Waals surface area contributed by atoms with E-state index in [-0.39, 0.29) is 5.57 Å². The highest BCUT2D eigenvalue weighted by Gasteiger charge is 2.19. The van der Waals surface area contributed by atoms with Crippen LogP contribution in [0, 0.1) is 17.9 Å². The van der Waals surface area contributed by atoms with Crippen molar-refractivity contribution in [2.24, 2.45) is 9.98 Å². The lowest BCUT2D eigenvalue weighted by molar-refractivity contribution is -0.204. The van der Waals surface area contributed by atoms with E-state index < -0.39 is 0 Å². The molecule has 0 amide bonds. The fourth-order valence-electron chi connectivity index (χ4n) is 4.12. The molecule has 1 aliphatic heterocycles. The van der Waals surface area contributed by atoms with Crippen molar-refractivity contribution >= 4 is 34.5 Å². The number of hydrogen-bond acceptors (Lipinski definition) is 7. The van der Waals surface area contributed by atoms with Crippen LogP contribution in [0.2, 0.25) is 0 Å². The van der Waals surface area contributed by atoms with E-state index in [0.29, 0.717) is 6.67 Å². The Balaban J connectivity index is 1.56. The SMILES string of the molecule is C=C(c1ccc(-c2ccc(/C=C(/C#N)[CH]OO)s2)c2c1=NCN=2)N(c1ccccc1)c1ccccc1. The molecule has 0 unspecified atom stereocenters. The summed E-state index contributed by atoms with van der Waals surface area (Å²) in [4.78, 5) is 17.4. The van der Waals surface area contributed by atoms with Crippen LogP contribution in [-0.4, -0.2) is 11.9 Å². The lowest BCUT2D eigenvalue weighted by Gasteiger charge is -2.27. The van der Waals surface area contributed by atoms with Crippen molar-refractivity contribution in [3.05, 3.63) is 125 Å². The van der Waals surface area contributed by atoms with E-state index >= 15 is 0 Å². The maximum absolute atomic E-state index is 9.19. The van der Waals surface area contributed by atoms with E-state index in [1.54, 1.807) is 6.08 Å². The summed E-state index contributed by atoms with van der Waals surface area (Å²) in [6.45, 7) is 5.84. The van der Waals surface area contributed by atoms with Gasteiger partial charge in [0, 0.05) is 38.0 Å². The molecule has 0 atom stereocenters. The van der Waals surface area contributed by atoms with E-state index in [1.165, 1.54) is 11.3 Å². The third-order valence-electron chi connectivity index (χ3n) is 5.72. The van der Waals surface area contributed by atoms with Gasteiger partial charge in [-0.15, -0.1) is 11.3 Å². The smallest absolute Gasteiger partial charge is 0.162 e. The molecular weight excluding hydrogens is 468 g/mol. The molecule has 6 nitrogen and oxygen atoms in total. The molecule has 2 heterocycles. The summed E-state index contributed by atoms with van der Waals surface area (Å²) in [5, 5.41) is 19.4. The summed E-state index contributed by atoms with van der Waals surface area (Å²) in [6, 6.07) is 30.2. The molecule has 36 heavy (non-hydrogen) atoms. The third-order valence-corrected chi connectivity index (χ3v) is 6.78. The van der Waals surface area contributed by atoms with Crippen molar-refractivity contribution in [1.29, 1.82) is 5.26 Å². The summed E-state index contributed by atoms with van der Waals surface area (Å²) in [5.41, 5.74) is 4.93. The van der Waals surface area contributed by atoms with Gasteiger partial charge in [0.25, 0.3) is 0 Å². The van der Waals surface area contributed by atoms with Crippen LogP contribution in [0.25, 0.3) is 22.2 Å². The summed E-state index contributed by atoms with van der Waals surface area (Å²) in [7, 11) is 0. The molecule has 0 spiro atoms. The molecule has 0 saturated carbocycles. The molecule has 175 valence electrons. The summed E-state index contributed by atoms with van der Waals surface area (Å²) >= 11 is 1.52. The molecule has 1 aliphatic rings. The van der Waals surface area contributed by atoms with Crippen molar-refractivity contribution < 1.29 is 10.1 Å². The Hall–Kier alpha value is -4.35. The van der Waals surface area contributed by atoms with Gasteiger partial charge in [-0.05, 0) is 48.5 Å². The number of nitrogens with zero attached hydrogens (tertiary/aromatic N) is 4. The predicted molar refractivity (Wildman–Crippen MR) is 143 cm³/mol. The Labute approximate surface area is 212 Å². The van der Waals surface area contributed by atoms with Crippen LogP contribution < -0.4 is 15.6 Å². The summed E-state index contributed by atoms with van der Waals surface area (Å²) in [5.74, 6) is 0. The first-order valence-electron chi connectivity index (χ1n) is 11.2. The molecule has 1 N–H and O–H groups in total. The highest BCUT2D eigenvalue weighted by molar-refractivity contribution is 7.16. The van der Waals surface area contributed by atoms with Crippen LogP contribution in [0.15, 0.2) is 107 Å². The van der Waals surface area contributed by atoms with Crippen LogP contribution in [0.3, 0.4) is 0 Å². The minimum atomic E-state index is 0.212. The molecule has 0 fully saturated rings. The van der Waals surface area contributed by atoms with Gasteiger partial charge in [0.05, 0.1) is 22.4 Å². The standard InChI is InChI=1S/C29H21N4O2S/c1-20(33(22-8-4-2-5-9-22)23-10-6-3-7-11-23)25-13-14-26(29-28(25)31-19-32-29)27-15-12-24(36-27)16-21(17-30)18-35-34/h2-16,18,34H,1,19H2/b21-16-. The van der Waals surface area contributed by atoms with Gasteiger partial charge in [0.15, 0.2) is 6.61 Å². The monoisotopic (exact) mass is 489 g/mol. The van der Waals surface area contributed by atoms with Gasteiger partial charge in [-0.2, -0.15) is 5.26 Å². The molecule has 5 rings (SSSR count). The second-order valence-electron chi connectivity index (χ2n) is 7.91. The van der Waals surface area contributed by atoms with Gasteiger partial charge >= 0.3 is 0 Å². The first-order chi connectivity index (χ1) is 17.7.